The molecule has 0 aliphatic heterocycles. The zero-order valence-electron chi connectivity index (χ0n) is 6.02. The number of rotatable bonds is 1. The van der Waals surface area contributed by atoms with Gasteiger partial charge >= 0.3 is 0 Å². The summed E-state index contributed by atoms with van der Waals surface area (Å²) in [6.45, 7) is 0. The van der Waals surface area contributed by atoms with Crippen molar-refractivity contribution in [3.63, 3.8) is 0 Å². The summed E-state index contributed by atoms with van der Waals surface area (Å²) in [5, 5.41) is 0. The molecule has 5 heteroatoms. The van der Waals surface area contributed by atoms with Crippen LogP contribution in [0.2, 0.25) is 0 Å². The Balaban J connectivity index is 3.28. The summed E-state index contributed by atoms with van der Waals surface area (Å²) in [5.41, 5.74) is 10.4. The van der Waals surface area contributed by atoms with Crippen molar-refractivity contribution in [1.82, 2.24) is 0 Å². The second kappa shape index (κ2) is 3.47. The first kappa shape index (κ1) is 9.57. The Morgan fingerprint density at radius 2 is 1.83 bits per heavy atom. The van der Waals surface area contributed by atoms with E-state index in [2.05, 4.69) is 15.9 Å². The van der Waals surface area contributed by atoms with Crippen molar-refractivity contribution in [2.45, 2.75) is 6.17 Å². The second-order valence-electron chi connectivity index (χ2n) is 2.32. The molecule has 66 valence electrons. The van der Waals surface area contributed by atoms with Gasteiger partial charge < -0.3 is 11.5 Å². The molecule has 2 nitrogen and oxygen atoms in total. The summed E-state index contributed by atoms with van der Waals surface area (Å²) in [6.07, 6.45) is -1.00. The third-order valence-corrected chi connectivity index (χ3v) is 1.96. The van der Waals surface area contributed by atoms with Crippen LogP contribution in [0.25, 0.3) is 0 Å². The maximum Gasteiger partial charge on any atom is 0.143 e. The van der Waals surface area contributed by atoms with E-state index in [9.17, 15) is 8.78 Å². The van der Waals surface area contributed by atoms with E-state index in [0.29, 0.717) is 0 Å². The van der Waals surface area contributed by atoms with E-state index >= 15 is 0 Å². The first-order valence-corrected chi connectivity index (χ1v) is 3.97. The van der Waals surface area contributed by atoms with E-state index in [-0.39, 0.29) is 10.0 Å². The van der Waals surface area contributed by atoms with E-state index in [1.54, 1.807) is 0 Å². The lowest BCUT2D eigenvalue weighted by atomic mass is 10.1. The Hall–Kier alpha value is -0.520. The van der Waals surface area contributed by atoms with Crippen LogP contribution in [-0.2, 0) is 0 Å². The van der Waals surface area contributed by atoms with Crippen LogP contribution in [0.3, 0.4) is 0 Å². The maximum absolute atomic E-state index is 13.1. The Bertz CT molecular complexity index is 302. The van der Waals surface area contributed by atoms with Gasteiger partial charge in [0, 0.05) is 5.56 Å². The number of hydrogen-bond donors (Lipinski definition) is 2. The van der Waals surface area contributed by atoms with E-state index < -0.39 is 17.8 Å². The molecule has 1 aromatic carbocycles. The molecule has 0 saturated heterocycles. The molecule has 0 spiro atoms. The lowest BCUT2D eigenvalue weighted by Crippen LogP contribution is -2.21. The monoisotopic (exact) mass is 236 g/mol. The van der Waals surface area contributed by atoms with Crippen molar-refractivity contribution < 1.29 is 8.78 Å². The smallest absolute Gasteiger partial charge is 0.143 e. The molecule has 0 radical (unpaired) electrons. The summed E-state index contributed by atoms with van der Waals surface area (Å²) in [6, 6.07) is 1.99. The Labute approximate surface area is 76.7 Å². The molecule has 12 heavy (non-hydrogen) atoms. The Morgan fingerprint density at radius 1 is 1.25 bits per heavy atom. The highest BCUT2D eigenvalue weighted by Gasteiger charge is 2.12. The van der Waals surface area contributed by atoms with Crippen molar-refractivity contribution in [2.24, 2.45) is 11.5 Å². The average Bonchev–Trinajstić information content (AvgIpc) is 1.96. The number of hydrogen-bond acceptors (Lipinski definition) is 2. The largest absolute Gasteiger partial charge is 0.312 e. The van der Waals surface area contributed by atoms with Crippen molar-refractivity contribution >= 4 is 15.9 Å². The van der Waals surface area contributed by atoms with Gasteiger partial charge in [0.05, 0.1) is 10.6 Å². The highest BCUT2D eigenvalue weighted by molar-refractivity contribution is 9.10. The predicted octanol–water partition coefficient (Wildman–Crippen LogP) is 1.64. The molecule has 0 saturated carbocycles. The molecule has 1 aromatic rings. The van der Waals surface area contributed by atoms with Gasteiger partial charge in [-0.15, -0.1) is 0 Å². The summed E-state index contributed by atoms with van der Waals surface area (Å²) in [5.74, 6) is -1.19. The number of benzene rings is 1. The molecule has 4 N–H and O–H groups in total. The van der Waals surface area contributed by atoms with Crippen molar-refractivity contribution in [3.05, 3.63) is 33.8 Å². The minimum atomic E-state index is -1.00. The van der Waals surface area contributed by atoms with E-state index in [1.165, 1.54) is 0 Å². The molecule has 0 aliphatic carbocycles. The van der Waals surface area contributed by atoms with Crippen LogP contribution in [-0.4, -0.2) is 0 Å². The van der Waals surface area contributed by atoms with Gasteiger partial charge in [0.2, 0.25) is 0 Å². The zero-order chi connectivity index (χ0) is 9.30. The summed E-state index contributed by atoms with van der Waals surface area (Å²) >= 11 is 2.84. The number of nitrogens with two attached hydrogens (primary N) is 2. The van der Waals surface area contributed by atoms with Crippen LogP contribution < -0.4 is 11.5 Å². The fourth-order valence-corrected chi connectivity index (χ4v) is 1.27. The fourth-order valence-electron chi connectivity index (χ4n) is 0.818. The van der Waals surface area contributed by atoms with Crippen molar-refractivity contribution in [2.75, 3.05) is 0 Å². The molecule has 0 fully saturated rings. The molecule has 0 heterocycles. The fraction of sp³-hybridized carbons (Fsp3) is 0.143. The predicted molar refractivity (Wildman–Crippen MR) is 45.2 cm³/mol. The molecule has 1 rings (SSSR count). The standard InChI is InChI=1S/C7H7BrF2N2/c8-5-2-3(9)1-4(6(5)10)7(11)12/h1-2,7H,11-12H2. The quantitative estimate of drug-likeness (QED) is 0.576. The van der Waals surface area contributed by atoms with Gasteiger partial charge in [-0.3, -0.25) is 0 Å². The van der Waals surface area contributed by atoms with Gasteiger partial charge in [0.1, 0.15) is 11.6 Å². The SMILES string of the molecule is NC(N)c1cc(F)cc(Br)c1F. The van der Waals surface area contributed by atoms with Gasteiger partial charge in [-0.25, -0.2) is 8.78 Å². The normalized spacial score (nSPS) is 10.8. The summed E-state index contributed by atoms with van der Waals surface area (Å²) < 4.78 is 25.7. The van der Waals surface area contributed by atoms with Gasteiger partial charge in [-0.05, 0) is 28.1 Å². The third-order valence-electron chi connectivity index (χ3n) is 1.38. The van der Waals surface area contributed by atoms with E-state index in [4.69, 9.17) is 11.5 Å². The van der Waals surface area contributed by atoms with Crippen LogP contribution in [0.1, 0.15) is 11.7 Å². The van der Waals surface area contributed by atoms with Crippen LogP contribution in [0.4, 0.5) is 8.78 Å². The molecule has 0 atom stereocenters. The summed E-state index contributed by atoms with van der Waals surface area (Å²) in [7, 11) is 0. The van der Waals surface area contributed by atoms with Gasteiger partial charge in [-0.1, -0.05) is 0 Å². The van der Waals surface area contributed by atoms with Crippen molar-refractivity contribution in [3.8, 4) is 0 Å². The lowest BCUT2D eigenvalue weighted by molar-refractivity contribution is 0.561. The summed E-state index contributed by atoms with van der Waals surface area (Å²) in [4.78, 5) is 0. The molecule has 0 unspecified atom stereocenters. The zero-order valence-corrected chi connectivity index (χ0v) is 7.61. The molecule has 0 amide bonds. The van der Waals surface area contributed by atoms with Gasteiger partial charge in [-0.2, -0.15) is 0 Å². The highest BCUT2D eigenvalue weighted by atomic mass is 79.9. The maximum atomic E-state index is 13.1. The van der Waals surface area contributed by atoms with Gasteiger partial charge in [0.25, 0.3) is 0 Å². The van der Waals surface area contributed by atoms with Crippen LogP contribution in [0.5, 0.6) is 0 Å². The topological polar surface area (TPSA) is 52.0 Å². The lowest BCUT2D eigenvalue weighted by Gasteiger charge is -2.08. The first-order valence-electron chi connectivity index (χ1n) is 3.18. The molecule has 0 bridgehead atoms. The minimum Gasteiger partial charge on any atom is -0.312 e. The average molecular weight is 237 g/mol. The Morgan fingerprint density at radius 3 is 2.33 bits per heavy atom. The van der Waals surface area contributed by atoms with Crippen LogP contribution in [0, 0.1) is 11.6 Å². The van der Waals surface area contributed by atoms with E-state index in [1.807, 2.05) is 0 Å². The molecule has 0 aliphatic rings. The second-order valence-corrected chi connectivity index (χ2v) is 3.17. The highest BCUT2D eigenvalue weighted by Crippen LogP contribution is 2.22. The Kier molecular flexibility index (Phi) is 2.76. The third kappa shape index (κ3) is 1.80. The number of halogens is 3. The van der Waals surface area contributed by atoms with Crippen LogP contribution >= 0.6 is 15.9 Å². The minimum absolute atomic E-state index is 0.0263. The van der Waals surface area contributed by atoms with Crippen LogP contribution in [0.15, 0.2) is 16.6 Å². The first-order chi connectivity index (χ1) is 5.52. The van der Waals surface area contributed by atoms with E-state index in [0.717, 1.165) is 12.1 Å². The molecular weight excluding hydrogens is 230 g/mol. The van der Waals surface area contributed by atoms with Crippen molar-refractivity contribution in [1.29, 1.82) is 0 Å². The van der Waals surface area contributed by atoms with Gasteiger partial charge in [0.15, 0.2) is 0 Å². The molecule has 0 aromatic heterocycles. The molecular formula is C7H7BrF2N2.